The molecular formula is C22H21ClN2O8. The number of rotatable bonds is 4. The van der Waals surface area contributed by atoms with Gasteiger partial charge in [0.15, 0.2) is 12.4 Å². The lowest BCUT2D eigenvalue weighted by Gasteiger charge is -2.39. The van der Waals surface area contributed by atoms with Gasteiger partial charge >= 0.3 is 5.97 Å². The maximum absolute atomic E-state index is 13.2. The Morgan fingerprint density at radius 1 is 1.09 bits per heavy atom. The second-order valence-electron chi connectivity index (χ2n) is 7.63. The number of benzodiazepines with no additional fused rings is 1. The van der Waals surface area contributed by atoms with Crippen LogP contribution >= 0.6 is 11.6 Å². The van der Waals surface area contributed by atoms with Gasteiger partial charge in [-0.15, -0.1) is 0 Å². The van der Waals surface area contributed by atoms with Crippen LogP contribution in [-0.2, 0) is 19.1 Å². The smallest absolute Gasteiger partial charge is 0.335 e. The summed E-state index contributed by atoms with van der Waals surface area (Å²) in [5.41, 5.74) is 2.08. The number of benzene rings is 2. The van der Waals surface area contributed by atoms with Crippen LogP contribution in [0.4, 0.5) is 5.69 Å². The van der Waals surface area contributed by atoms with Crippen molar-refractivity contribution in [2.75, 3.05) is 11.9 Å². The Labute approximate surface area is 193 Å². The second kappa shape index (κ2) is 9.18. The van der Waals surface area contributed by atoms with Crippen molar-refractivity contribution in [3.63, 3.8) is 0 Å². The van der Waals surface area contributed by atoms with E-state index in [1.807, 2.05) is 6.07 Å². The number of likely N-dealkylation sites (N-methyl/N-ethyl adjacent to an activating group) is 1. The summed E-state index contributed by atoms with van der Waals surface area (Å²) in [6.07, 6.45) is -10.8. The standard InChI is InChI=1S/C22H21ClN2O8/c1-25-13-8-7-11(23)9-12(13)14(10-5-3-2-4-6-10)24-19(20(25)29)33-22-17(28)15(26)16(27)18(32-22)21(30)31/h2-9,15-19,22,26-28H,1H3,(H,30,31)/t15-,16-,17+,18-,19+,22-/m0/s1. The number of nitrogens with zero attached hydrogens (tertiary/aromatic N) is 2. The summed E-state index contributed by atoms with van der Waals surface area (Å²) in [4.78, 5) is 30.4. The third-order valence-corrected chi connectivity index (χ3v) is 5.72. The molecule has 0 bridgehead atoms. The molecule has 0 aliphatic carbocycles. The minimum Gasteiger partial charge on any atom is -0.479 e. The number of carboxylic acids is 1. The monoisotopic (exact) mass is 476 g/mol. The van der Waals surface area contributed by atoms with Crippen molar-refractivity contribution in [1.29, 1.82) is 0 Å². The van der Waals surface area contributed by atoms with Gasteiger partial charge in [0.2, 0.25) is 6.23 Å². The molecule has 0 aromatic heterocycles. The predicted octanol–water partition coefficient (Wildman–Crippen LogP) is 0.389. The van der Waals surface area contributed by atoms with E-state index in [1.54, 1.807) is 42.5 Å². The number of anilines is 1. The normalized spacial score (nSPS) is 29.8. The van der Waals surface area contributed by atoms with Gasteiger partial charge in [0.25, 0.3) is 5.91 Å². The van der Waals surface area contributed by atoms with Gasteiger partial charge in [-0.05, 0) is 18.2 Å². The molecule has 2 heterocycles. The fourth-order valence-electron chi connectivity index (χ4n) is 3.72. The number of aliphatic hydroxyl groups is 3. The van der Waals surface area contributed by atoms with Crippen LogP contribution in [0.3, 0.4) is 0 Å². The first-order valence-electron chi connectivity index (χ1n) is 9.97. The molecule has 1 saturated heterocycles. The molecule has 1 amide bonds. The zero-order chi connectivity index (χ0) is 23.9. The van der Waals surface area contributed by atoms with Gasteiger partial charge in [-0.2, -0.15) is 0 Å². The molecule has 2 aliphatic rings. The number of amides is 1. The minimum absolute atomic E-state index is 0.372. The average Bonchev–Trinajstić information content (AvgIpc) is 2.90. The van der Waals surface area contributed by atoms with E-state index < -0.39 is 48.8 Å². The maximum Gasteiger partial charge on any atom is 0.335 e. The highest BCUT2D eigenvalue weighted by Gasteiger charge is 2.49. The van der Waals surface area contributed by atoms with E-state index in [-0.39, 0.29) is 0 Å². The molecule has 10 nitrogen and oxygen atoms in total. The fraction of sp³-hybridized carbons (Fsp3) is 0.318. The van der Waals surface area contributed by atoms with E-state index in [1.165, 1.54) is 11.9 Å². The first-order valence-corrected chi connectivity index (χ1v) is 10.4. The number of carbonyl (C=O) groups is 2. The van der Waals surface area contributed by atoms with Crippen LogP contribution in [0.5, 0.6) is 0 Å². The summed E-state index contributed by atoms with van der Waals surface area (Å²) in [7, 11) is 1.51. The molecule has 0 unspecified atom stereocenters. The fourth-order valence-corrected chi connectivity index (χ4v) is 3.90. The SMILES string of the molecule is CN1C(=O)[C@@H](O[C@@H]2O[C@H](C(=O)O)[C@@H](O)[C@H](O)[C@H]2O)N=C(c2ccccc2)c2cc(Cl)ccc21. The van der Waals surface area contributed by atoms with E-state index in [9.17, 15) is 30.0 Å². The number of aliphatic hydroxyl groups excluding tert-OH is 3. The molecule has 6 atom stereocenters. The molecule has 11 heteroatoms. The zero-order valence-electron chi connectivity index (χ0n) is 17.3. The van der Waals surface area contributed by atoms with Gasteiger partial charge in [0.05, 0.1) is 11.4 Å². The van der Waals surface area contributed by atoms with Gasteiger partial charge in [-0.1, -0.05) is 41.9 Å². The first-order chi connectivity index (χ1) is 15.7. The molecule has 1 fully saturated rings. The summed E-state index contributed by atoms with van der Waals surface area (Å²) in [6.45, 7) is 0. The Hall–Kier alpha value is -2.86. The Kier molecular flexibility index (Phi) is 6.48. The van der Waals surface area contributed by atoms with Crippen molar-refractivity contribution in [1.82, 2.24) is 0 Å². The van der Waals surface area contributed by atoms with Crippen LogP contribution in [0.15, 0.2) is 53.5 Å². The highest BCUT2D eigenvalue weighted by molar-refractivity contribution is 6.32. The molecule has 174 valence electrons. The number of fused-ring (bicyclic) bond motifs is 1. The number of ether oxygens (including phenoxy) is 2. The van der Waals surface area contributed by atoms with E-state index in [0.29, 0.717) is 27.5 Å². The van der Waals surface area contributed by atoms with Crippen molar-refractivity contribution >= 4 is 34.9 Å². The summed E-state index contributed by atoms with van der Waals surface area (Å²) in [5, 5.41) is 40.0. The summed E-state index contributed by atoms with van der Waals surface area (Å²) < 4.78 is 10.8. The average molecular weight is 477 g/mol. The van der Waals surface area contributed by atoms with Crippen molar-refractivity contribution < 1.29 is 39.5 Å². The second-order valence-corrected chi connectivity index (χ2v) is 8.06. The van der Waals surface area contributed by atoms with E-state index in [4.69, 9.17) is 21.1 Å². The van der Waals surface area contributed by atoms with Crippen molar-refractivity contribution in [2.24, 2.45) is 4.99 Å². The quantitative estimate of drug-likeness (QED) is 0.495. The summed E-state index contributed by atoms with van der Waals surface area (Å²) in [6, 6.07) is 13.9. The Morgan fingerprint density at radius 3 is 2.45 bits per heavy atom. The Balaban J connectivity index is 1.76. The van der Waals surface area contributed by atoms with E-state index in [2.05, 4.69) is 4.99 Å². The van der Waals surface area contributed by atoms with Crippen molar-refractivity contribution in [3.8, 4) is 0 Å². The number of carboxylic acid groups (broad SMARTS) is 1. The van der Waals surface area contributed by atoms with Gasteiger partial charge < -0.3 is 34.8 Å². The third-order valence-electron chi connectivity index (χ3n) is 5.49. The van der Waals surface area contributed by atoms with Crippen LogP contribution in [0, 0.1) is 0 Å². The molecule has 2 aromatic carbocycles. The number of aliphatic imine (C=N–C) groups is 1. The lowest BCUT2D eigenvalue weighted by atomic mass is 9.99. The van der Waals surface area contributed by atoms with Crippen LogP contribution in [0.2, 0.25) is 5.02 Å². The van der Waals surface area contributed by atoms with Gasteiger partial charge in [0, 0.05) is 23.2 Å². The molecule has 4 rings (SSSR count). The number of hydrogen-bond donors (Lipinski definition) is 4. The molecule has 0 spiro atoms. The van der Waals surface area contributed by atoms with Crippen molar-refractivity contribution in [3.05, 3.63) is 64.7 Å². The lowest BCUT2D eigenvalue weighted by Crippen LogP contribution is -2.61. The van der Waals surface area contributed by atoms with Crippen LogP contribution < -0.4 is 4.90 Å². The predicted molar refractivity (Wildman–Crippen MR) is 116 cm³/mol. The number of aliphatic carboxylic acids is 1. The highest BCUT2D eigenvalue weighted by Crippen LogP contribution is 2.32. The number of halogens is 1. The molecule has 4 N–H and O–H groups in total. The molecular weight excluding hydrogens is 456 g/mol. The largest absolute Gasteiger partial charge is 0.479 e. The highest BCUT2D eigenvalue weighted by atomic mass is 35.5. The molecule has 0 saturated carbocycles. The maximum atomic E-state index is 13.2. The topological polar surface area (TPSA) is 149 Å². The van der Waals surface area contributed by atoms with Crippen LogP contribution in [-0.4, -0.2) is 82.0 Å². The first kappa shape index (κ1) is 23.3. The third kappa shape index (κ3) is 4.36. The van der Waals surface area contributed by atoms with E-state index >= 15 is 0 Å². The minimum atomic E-state index is -1.89. The number of hydrogen-bond acceptors (Lipinski definition) is 8. The Morgan fingerprint density at radius 2 is 1.79 bits per heavy atom. The lowest BCUT2D eigenvalue weighted by molar-refractivity contribution is -0.300. The Bertz CT molecular complexity index is 1100. The van der Waals surface area contributed by atoms with Crippen molar-refractivity contribution in [2.45, 2.75) is 36.9 Å². The van der Waals surface area contributed by atoms with Gasteiger partial charge in [-0.3, -0.25) is 4.79 Å². The van der Waals surface area contributed by atoms with E-state index in [0.717, 1.165) is 0 Å². The molecule has 33 heavy (non-hydrogen) atoms. The summed E-state index contributed by atoms with van der Waals surface area (Å²) >= 11 is 6.20. The van der Waals surface area contributed by atoms with Gasteiger partial charge in [0.1, 0.15) is 18.3 Å². The molecule has 2 aromatic rings. The summed E-state index contributed by atoms with van der Waals surface area (Å²) in [5.74, 6) is -2.20. The van der Waals surface area contributed by atoms with Crippen LogP contribution in [0.1, 0.15) is 11.1 Å². The number of carbonyl (C=O) groups excluding carboxylic acids is 1. The van der Waals surface area contributed by atoms with Crippen LogP contribution in [0.25, 0.3) is 0 Å². The zero-order valence-corrected chi connectivity index (χ0v) is 18.0. The molecule has 0 radical (unpaired) electrons. The van der Waals surface area contributed by atoms with Gasteiger partial charge in [-0.25, -0.2) is 9.79 Å². The molecule has 2 aliphatic heterocycles.